The lowest BCUT2D eigenvalue weighted by Crippen LogP contribution is -2.49. The quantitative estimate of drug-likeness (QED) is 0.662. The zero-order valence-corrected chi connectivity index (χ0v) is 14.7. The summed E-state index contributed by atoms with van der Waals surface area (Å²) < 4.78 is 11.0. The molecule has 1 aliphatic rings. The molecule has 0 spiro atoms. The number of carbonyl (C=O) groups is 1. The van der Waals surface area contributed by atoms with Gasteiger partial charge in [0.15, 0.2) is 0 Å². The van der Waals surface area contributed by atoms with Gasteiger partial charge >= 0.3 is 0 Å². The Hall–Kier alpha value is -0.110. The first-order valence-electron chi connectivity index (χ1n) is 6.99. The fourth-order valence-electron chi connectivity index (χ4n) is 1.94. The van der Waals surface area contributed by atoms with E-state index in [1.165, 1.54) is 0 Å². The summed E-state index contributed by atoms with van der Waals surface area (Å²) in [5, 5.41) is 6.06. The number of halogens is 2. The van der Waals surface area contributed by atoms with Gasteiger partial charge in [-0.05, 0) is 27.4 Å². The van der Waals surface area contributed by atoms with Gasteiger partial charge in [-0.2, -0.15) is 0 Å². The lowest BCUT2D eigenvalue weighted by atomic mass is 10.2. The largest absolute Gasteiger partial charge is 0.377 e. The van der Waals surface area contributed by atoms with Gasteiger partial charge in [-0.25, -0.2) is 0 Å². The highest BCUT2D eigenvalue weighted by Gasteiger charge is 2.22. The first kappa shape index (κ1) is 23.2. The molecule has 21 heavy (non-hydrogen) atoms. The fraction of sp³-hybridized carbons (Fsp3) is 0.923. The van der Waals surface area contributed by atoms with E-state index < -0.39 is 0 Å². The van der Waals surface area contributed by atoms with E-state index in [0.29, 0.717) is 26.3 Å². The molecule has 1 aliphatic heterocycles. The molecule has 1 unspecified atom stereocenters. The van der Waals surface area contributed by atoms with E-state index in [2.05, 4.69) is 15.5 Å². The molecule has 1 rings (SSSR count). The van der Waals surface area contributed by atoms with Crippen LogP contribution in [0.15, 0.2) is 0 Å². The van der Waals surface area contributed by atoms with E-state index in [1.807, 2.05) is 21.0 Å². The van der Waals surface area contributed by atoms with Gasteiger partial charge in [0.1, 0.15) is 6.10 Å². The SMILES string of the molecule is CCOC(CCN(C)C)CNC(=O)[C@H]1CNCCO1.Cl.Cl. The molecule has 2 N–H and O–H groups in total. The smallest absolute Gasteiger partial charge is 0.250 e. The number of nitrogens with one attached hydrogen (secondary N) is 2. The molecule has 1 amide bonds. The Morgan fingerprint density at radius 3 is 2.71 bits per heavy atom. The zero-order chi connectivity index (χ0) is 14.1. The Kier molecular flexibility index (Phi) is 14.9. The van der Waals surface area contributed by atoms with Crippen LogP contribution in [0.2, 0.25) is 0 Å². The molecule has 0 aromatic rings. The van der Waals surface area contributed by atoms with Crippen LogP contribution in [-0.4, -0.2) is 76.5 Å². The highest BCUT2D eigenvalue weighted by Crippen LogP contribution is 2.00. The standard InChI is InChI=1S/C13H27N3O3.2ClH/c1-4-18-11(5-7-16(2)3)9-15-13(17)12-10-14-6-8-19-12;;/h11-12,14H,4-10H2,1-3H3,(H,15,17);2*1H/t11?,12-;;/m1../s1. The van der Waals surface area contributed by atoms with Crippen molar-refractivity contribution in [3.63, 3.8) is 0 Å². The highest BCUT2D eigenvalue weighted by molar-refractivity contribution is 5.85. The molecule has 0 aliphatic carbocycles. The number of ether oxygens (including phenoxy) is 2. The molecular formula is C13H29Cl2N3O3. The number of hydrogen-bond donors (Lipinski definition) is 2. The summed E-state index contributed by atoms with van der Waals surface area (Å²) >= 11 is 0. The average molecular weight is 346 g/mol. The van der Waals surface area contributed by atoms with Crippen LogP contribution in [-0.2, 0) is 14.3 Å². The van der Waals surface area contributed by atoms with Crippen LogP contribution in [0.4, 0.5) is 0 Å². The summed E-state index contributed by atoms with van der Waals surface area (Å²) in [5.41, 5.74) is 0. The van der Waals surface area contributed by atoms with Crippen molar-refractivity contribution in [1.82, 2.24) is 15.5 Å². The summed E-state index contributed by atoms with van der Waals surface area (Å²) in [6, 6.07) is 0. The molecule has 1 fully saturated rings. The maximum atomic E-state index is 11.9. The van der Waals surface area contributed by atoms with Crippen molar-refractivity contribution in [2.45, 2.75) is 25.6 Å². The zero-order valence-electron chi connectivity index (χ0n) is 13.1. The molecule has 0 bridgehead atoms. The second kappa shape index (κ2) is 13.5. The molecule has 1 heterocycles. The lowest BCUT2D eigenvalue weighted by molar-refractivity contribution is -0.134. The van der Waals surface area contributed by atoms with Gasteiger partial charge in [0.25, 0.3) is 5.91 Å². The minimum Gasteiger partial charge on any atom is -0.377 e. The normalized spacial score (nSPS) is 19.3. The van der Waals surface area contributed by atoms with Crippen molar-refractivity contribution in [1.29, 1.82) is 0 Å². The molecule has 6 nitrogen and oxygen atoms in total. The predicted molar refractivity (Wildman–Crippen MR) is 88.7 cm³/mol. The minimum atomic E-state index is -0.370. The van der Waals surface area contributed by atoms with Crippen LogP contribution in [0.25, 0.3) is 0 Å². The van der Waals surface area contributed by atoms with Crippen LogP contribution in [0.1, 0.15) is 13.3 Å². The number of carbonyl (C=O) groups excluding carboxylic acids is 1. The highest BCUT2D eigenvalue weighted by atomic mass is 35.5. The third-order valence-electron chi connectivity index (χ3n) is 3.02. The maximum Gasteiger partial charge on any atom is 0.250 e. The Morgan fingerprint density at radius 1 is 1.48 bits per heavy atom. The number of hydrogen-bond acceptors (Lipinski definition) is 5. The third-order valence-corrected chi connectivity index (χ3v) is 3.02. The fourth-order valence-corrected chi connectivity index (χ4v) is 1.94. The number of amides is 1. The van der Waals surface area contributed by atoms with Gasteiger partial charge in [0, 0.05) is 32.8 Å². The Bertz CT molecular complexity index is 265. The van der Waals surface area contributed by atoms with E-state index in [-0.39, 0.29) is 42.9 Å². The first-order chi connectivity index (χ1) is 9.13. The van der Waals surface area contributed by atoms with Crippen LogP contribution in [0, 0.1) is 0 Å². The van der Waals surface area contributed by atoms with Gasteiger partial charge in [-0.3, -0.25) is 4.79 Å². The summed E-state index contributed by atoms with van der Waals surface area (Å²) in [7, 11) is 4.06. The minimum absolute atomic E-state index is 0. The maximum absolute atomic E-state index is 11.9. The number of rotatable bonds is 8. The van der Waals surface area contributed by atoms with Crippen LogP contribution >= 0.6 is 24.8 Å². The molecule has 0 aromatic heterocycles. The van der Waals surface area contributed by atoms with Crippen molar-refractivity contribution in [2.75, 3.05) is 53.5 Å². The van der Waals surface area contributed by atoms with E-state index in [9.17, 15) is 4.79 Å². The molecule has 0 aromatic carbocycles. The van der Waals surface area contributed by atoms with E-state index in [4.69, 9.17) is 9.47 Å². The summed E-state index contributed by atoms with van der Waals surface area (Å²) in [6.07, 6.45) is 0.600. The van der Waals surface area contributed by atoms with Crippen molar-refractivity contribution in [2.24, 2.45) is 0 Å². The van der Waals surface area contributed by atoms with Gasteiger partial charge in [0.05, 0.1) is 12.7 Å². The van der Waals surface area contributed by atoms with Crippen molar-refractivity contribution in [3.05, 3.63) is 0 Å². The molecule has 1 saturated heterocycles. The van der Waals surface area contributed by atoms with Crippen molar-refractivity contribution in [3.8, 4) is 0 Å². The van der Waals surface area contributed by atoms with Gasteiger partial charge in [-0.15, -0.1) is 24.8 Å². The lowest BCUT2D eigenvalue weighted by Gasteiger charge is -2.24. The van der Waals surface area contributed by atoms with Crippen molar-refractivity contribution >= 4 is 30.7 Å². The second-order valence-corrected chi connectivity index (χ2v) is 4.98. The van der Waals surface area contributed by atoms with Crippen LogP contribution in [0.3, 0.4) is 0 Å². The molecule has 0 saturated carbocycles. The Balaban J connectivity index is 0. The first-order valence-corrected chi connectivity index (χ1v) is 6.99. The van der Waals surface area contributed by atoms with E-state index in [1.54, 1.807) is 0 Å². The van der Waals surface area contributed by atoms with Gasteiger partial charge in [-0.1, -0.05) is 0 Å². The monoisotopic (exact) mass is 345 g/mol. The van der Waals surface area contributed by atoms with Gasteiger partial charge in [0.2, 0.25) is 0 Å². The molecular weight excluding hydrogens is 317 g/mol. The average Bonchev–Trinajstić information content (AvgIpc) is 2.42. The Morgan fingerprint density at radius 2 is 2.19 bits per heavy atom. The molecule has 8 heteroatoms. The summed E-state index contributed by atoms with van der Waals surface area (Å²) in [6.45, 7) is 6.11. The predicted octanol–water partition coefficient (Wildman–Crippen LogP) is 0.291. The van der Waals surface area contributed by atoms with Crippen molar-refractivity contribution < 1.29 is 14.3 Å². The topological polar surface area (TPSA) is 62.8 Å². The Labute approximate surface area is 140 Å². The summed E-state index contributed by atoms with van der Waals surface area (Å²) in [5.74, 6) is -0.0539. The van der Waals surface area contributed by atoms with E-state index in [0.717, 1.165) is 19.5 Å². The second-order valence-electron chi connectivity index (χ2n) is 4.98. The molecule has 0 radical (unpaired) electrons. The summed E-state index contributed by atoms with van der Waals surface area (Å²) in [4.78, 5) is 14.0. The molecule has 2 atom stereocenters. The number of morpholine rings is 1. The third kappa shape index (κ3) is 10.3. The van der Waals surface area contributed by atoms with Crippen LogP contribution < -0.4 is 10.6 Å². The molecule has 128 valence electrons. The van der Waals surface area contributed by atoms with Gasteiger partial charge < -0.3 is 25.0 Å². The van der Waals surface area contributed by atoms with Crippen LogP contribution in [0.5, 0.6) is 0 Å². The number of nitrogens with zero attached hydrogens (tertiary/aromatic N) is 1. The van der Waals surface area contributed by atoms with E-state index >= 15 is 0 Å².